The van der Waals surface area contributed by atoms with Gasteiger partial charge in [0.05, 0.1) is 11.3 Å². The largest absolute Gasteiger partial charge is 0.370 e. The second-order valence-corrected chi connectivity index (χ2v) is 5.62. The molecule has 2 N–H and O–H groups in total. The Bertz CT molecular complexity index is 745. The molecule has 0 saturated carbocycles. The molecule has 0 fully saturated rings. The highest BCUT2D eigenvalue weighted by Crippen LogP contribution is 2.14. The number of nitrogens with two attached hydrogens (primary N) is 1. The number of non-ortho nitro benzene ring substituents is 1. The maximum absolute atomic E-state index is 12.6. The number of hydrogen-bond donors (Lipinski definition) is 1. The minimum atomic E-state index is -0.486. The van der Waals surface area contributed by atoms with Gasteiger partial charge in [0.25, 0.3) is 5.69 Å². The number of nitrogens with zero attached hydrogens (tertiary/aromatic N) is 2. The molecule has 0 spiro atoms. The maximum atomic E-state index is 12.6. The minimum absolute atomic E-state index is 0.0222. The van der Waals surface area contributed by atoms with E-state index in [2.05, 4.69) is 0 Å². The molecule has 2 aromatic carbocycles. The summed E-state index contributed by atoms with van der Waals surface area (Å²) in [6.07, 6.45) is 0.183. The first-order chi connectivity index (χ1) is 12.0. The second-order valence-electron chi connectivity index (χ2n) is 5.62. The Morgan fingerprint density at radius 2 is 1.64 bits per heavy atom. The topological polar surface area (TPSA) is 107 Å². The van der Waals surface area contributed by atoms with E-state index in [0.29, 0.717) is 12.1 Å². The number of rotatable bonds is 8. The lowest BCUT2D eigenvalue weighted by Crippen LogP contribution is -2.34. The molecule has 0 atom stereocenters. The van der Waals surface area contributed by atoms with Crippen molar-refractivity contribution < 1.29 is 14.5 Å². The van der Waals surface area contributed by atoms with E-state index in [1.165, 1.54) is 12.1 Å². The molecule has 0 heterocycles. The van der Waals surface area contributed by atoms with E-state index >= 15 is 0 Å². The van der Waals surface area contributed by atoms with Gasteiger partial charge in [0, 0.05) is 31.6 Å². The van der Waals surface area contributed by atoms with Crippen molar-refractivity contribution >= 4 is 17.5 Å². The molecule has 2 rings (SSSR count). The summed E-state index contributed by atoms with van der Waals surface area (Å²) in [5.41, 5.74) is 6.79. The molecule has 0 aromatic heterocycles. The van der Waals surface area contributed by atoms with Gasteiger partial charge >= 0.3 is 0 Å². The summed E-state index contributed by atoms with van der Waals surface area (Å²) >= 11 is 0. The van der Waals surface area contributed by atoms with Crippen LogP contribution in [0.15, 0.2) is 54.6 Å². The lowest BCUT2D eigenvalue weighted by Gasteiger charge is -2.22. The second kappa shape index (κ2) is 8.58. The van der Waals surface area contributed by atoms with Crippen molar-refractivity contribution in [1.82, 2.24) is 4.90 Å². The Labute approximate surface area is 145 Å². The zero-order chi connectivity index (χ0) is 18.2. The quantitative estimate of drug-likeness (QED) is 0.585. The van der Waals surface area contributed by atoms with Crippen molar-refractivity contribution in [1.29, 1.82) is 0 Å². The van der Waals surface area contributed by atoms with Gasteiger partial charge in [0.1, 0.15) is 0 Å². The molecule has 0 aliphatic rings. The van der Waals surface area contributed by atoms with Crippen LogP contribution >= 0.6 is 0 Å². The summed E-state index contributed by atoms with van der Waals surface area (Å²) in [6, 6.07) is 15.3. The minimum Gasteiger partial charge on any atom is -0.370 e. The van der Waals surface area contributed by atoms with E-state index in [1.807, 2.05) is 30.3 Å². The third-order valence-corrected chi connectivity index (χ3v) is 3.70. The number of amides is 2. The fraction of sp³-hybridized carbons (Fsp3) is 0.222. The summed E-state index contributed by atoms with van der Waals surface area (Å²) in [4.78, 5) is 35.4. The van der Waals surface area contributed by atoms with Gasteiger partial charge in [-0.25, -0.2) is 0 Å². The molecule has 130 valence electrons. The average Bonchev–Trinajstić information content (AvgIpc) is 2.59. The van der Waals surface area contributed by atoms with Crippen molar-refractivity contribution in [3.8, 4) is 0 Å². The van der Waals surface area contributed by atoms with Crippen LogP contribution in [0.3, 0.4) is 0 Å². The Balaban J connectivity index is 2.07. The van der Waals surface area contributed by atoms with E-state index < -0.39 is 10.8 Å². The zero-order valence-corrected chi connectivity index (χ0v) is 13.6. The number of primary amides is 1. The first-order valence-electron chi connectivity index (χ1n) is 7.79. The van der Waals surface area contributed by atoms with Crippen LogP contribution in [0.4, 0.5) is 5.69 Å². The predicted molar refractivity (Wildman–Crippen MR) is 92.5 cm³/mol. The first-order valence-corrected chi connectivity index (χ1v) is 7.79. The van der Waals surface area contributed by atoms with Gasteiger partial charge in [-0.1, -0.05) is 42.5 Å². The highest BCUT2D eigenvalue weighted by atomic mass is 16.6. The van der Waals surface area contributed by atoms with E-state index in [0.717, 1.165) is 5.56 Å². The van der Waals surface area contributed by atoms with Gasteiger partial charge in [-0.05, 0) is 11.1 Å². The third kappa shape index (κ3) is 5.72. The van der Waals surface area contributed by atoms with Gasteiger partial charge in [-0.3, -0.25) is 19.7 Å². The number of nitro groups is 1. The molecule has 25 heavy (non-hydrogen) atoms. The smallest absolute Gasteiger partial charge is 0.269 e. The molecule has 0 bridgehead atoms. The Kier molecular flexibility index (Phi) is 6.22. The maximum Gasteiger partial charge on any atom is 0.269 e. The molecular formula is C18H19N3O4. The molecule has 7 nitrogen and oxygen atoms in total. The standard InChI is InChI=1S/C18H19N3O4/c19-17(22)10-11-20(13-15-4-2-1-3-5-15)18(23)12-14-6-8-16(9-7-14)21(24)25/h1-9H,10-13H2,(H2,19,22). The molecule has 0 aliphatic heterocycles. The highest BCUT2D eigenvalue weighted by Gasteiger charge is 2.16. The SMILES string of the molecule is NC(=O)CCN(Cc1ccccc1)C(=O)Cc1ccc([N+](=O)[O-])cc1. The van der Waals surface area contributed by atoms with E-state index in [-0.39, 0.29) is 31.0 Å². The predicted octanol–water partition coefficient (Wildman–Crippen LogP) is 2.04. The molecule has 0 aliphatic carbocycles. The van der Waals surface area contributed by atoms with Crippen molar-refractivity contribution in [3.05, 3.63) is 75.8 Å². The molecule has 7 heteroatoms. The summed E-state index contributed by atoms with van der Waals surface area (Å²) in [5.74, 6) is -0.639. The first kappa shape index (κ1) is 18.1. The van der Waals surface area contributed by atoms with Gasteiger partial charge in [-0.15, -0.1) is 0 Å². The summed E-state index contributed by atoms with van der Waals surface area (Å²) < 4.78 is 0. The lowest BCUT2D eigenvalue weighted by atomic mass is 10.1. The molecular weight excluding hydrogens is 322 g/mol. The molecule has 2 aromatic rings. The zero-order valence-electron chi connectivity index (χ0n) is 13.6. The van der Waals surface area contributed by atoms with Crippen LogP contribution in [0.2, 0.25) is 0 Å². The van der Waals surface area contributed by atoms with Crippen LogP contribution in [0, 0.1) is 10.1 Å². The van der Waals surface area contributed by atoms with Gasteiger partial charge in [0.2, 0.25) is 11.8 Å². The number of hydrogen-bond acceptors (Lipinski definition) is 4. The van der Waals surface area contributed by atoms with Crippen LogP contribution in [-0.2, 0) is 22.6 Å². The van der Waals surface area contributed by atoms with Crippen LogP contribution in [0.5, 0.6) is 0 Å². The van der Waals surface area contributed by atoms with Crippen molar-refractivity contribution in [3.63, 3.8) is 0 Å². The fourth-order valence-corrected chi connectivity index (χ4v) is 2.36. The summed E-state index contributed by atoms with van der Waals surface area (Å²) in [6.45, 7) is 0.607. The molecule has 2 amide bonds. The van der Waals surface area contributed by atoms with Crippen molar-refractivity contribution in [2.24, 2.45) is 5.73 Å². The number of carbonyl (C=O) groups excluding carboxylic acids is 2. The van der Waals surface area contributed by atoms with E-state index in [1.54, 1.807) is 17.0 Å². The number of benzene rings is 2. The van der Waals surface area contributed by atoms with Crippen LogP contribution in [0.1, 0.15) is 17.5 Å². The Hall–Kier alpha value is -3.22. The molecule has 0 saturated heterocycles. The number of nitro benzene ring substituents is 1. The monoisotopic (exact) mass is 341 g/mol. The van der Waals surface area contributed by atoms with Crippen molar-refractivity contribution in [2.75, 3.05) is 6.54 Å². The highest BCUT2D eigenvalue weighted by molar-refractivity contribution is 5.80. The summed E-state index contributed by atoms with van der Waals surface area (Å²) in [7, 11) is 0. The van der Waals surface area contributed by atoms with Crippen LogP contribution in [-0.4, -0.2) is 28.2 Å². The van der Waals surface area contributed by atoms with Crippen LogP contribution in [0.25, 0.3) is 0 Å². The number of carbonyl (C=O) groups is 2. The molecule has 0 radical (unpaired) electrons. The summed E-state index contributed by atoms with van der Waals surface area (Å²) in [5, 5.41) is 10.7. The van der Waals surface area contributed by atoms with Gasteiger partial charge < -0.3 is 10.6 Å². The van der Waals surface area contributed by atoms with E-state index in [4.69, 9.17) is 5.73 Å². The van der Waals surface area contributed by atoms with Crippen molar-refractivity contribution in [2.45, 2.75) is 19.4 Å². The van der Waals surface area contributed by atoms with Crippen LogP contribution < -0.4 is 5.73 Å². The lowest BCUT2D eigenvalue weighted by molar-refractivity contribution is -0.384. The third-order valence-electron chi connectivity index (χ3n) is 3.70. The Morgan fingerprint density at radius 3 is 2.20 bits per heavy atom. The Morgan fingerprint density at radius 1 is 1.00 bits per heavy atom. The normalized spacial score (nSPS) is 10.2. The molecule has 0 unspecified atom stereocenters. The van der Waals surface area contributed by atoms with Gasteiger partial charge in [-0.2, -0.15) is 0 Å². The van der Waals surface area contributed by atoms with E-state index in [9.17, 15) is 19.7 Å². The average molecular weight is 341 g/mol. The fourth-order valence-electron chi connectivity index (χ4n) is 2.36. The van der Waals surface area contributed by atoms with Gasteiger partial charge in [0.15, 0.2) is 0 Å².